The second kappa shape index (κ2) is 7.24. The fourth-order valence-corrected chi connectivity index (χ4v) is 3.24. The molecule has 0 amide bonds. The normalized spacial score (nSPS) is 11.5. The van der Waals surface area contributed by atoms with Crippen molar-refractivity contribution in [3.05, 3.63) is 42.6 Å². The zero-order valence-electron chi connectivity index (χ0n) is 11.0. The minimum absolute atomic E-state index is 0.0274. The Labute approximate surface area is 115 Å². The van der Waals surface area contributed by atoms with Crippen molar-refractivity contribution in [3.63, 3.8) is 0 Å². The van der Waals surface area contributed by atoms with E-state index in [-0.39, 0.29) is 11.5 Å². The molecule has 0 fully saturated rings. The molecule has 0 aliphatic rings. The molecule has 18 heavy (non-hydrogen) atoms. The van der Waals surface area contributed by atoms with Gasteiger partial charge >= 0.3 is 115 Å². The SMILES string of the molecule is COC(=O)/C=C\NC(C)(C)C[Se]c1ccccc1. The van der Waals surface area contributed by atoms with Crippen molar-refractivity contribution < 1.29 is 9.53 Å². The van der Waals surface area contributed by atoms with E-state index < -0.39 is 0 Å². The van der Waals surface area contributed by atoms with E-state index in [1.807, 2.05) is 6.07 Å². The molecule has 0 spiro atoms. The number of carbonyl (C=O) groups excluding carboxylic acids is 1. The summed E-state index contributed by atoms with van der Waals surface area (Å²) in [5, 5.41) is 4.28. The van der Waals surface area contributed by atoms with Gasteiger partial charge in [0.25, 0.3) is 0 Å². The van der Waals surface area contributed by atoms with Crippen molar-refractivity contribution in [1.29, 1.82) is 0 Å². The first-order chi connectivity index (χ1) is 8.53. The Morgan fingerprint density at radius 1 is 1.39 bits per heavy atom. The molecule has 0 heterocycles. The van der Waals surface area contributed by atoms with Gasteiger partial charge in [-0.15, -0.1) is 0 Å². The Morgan fingerprint density at radius 2 is 2.06 bits per heavy atom. The Morgan fingerprint density at radius 3 is 2.67 bits per heavy atom. The molecule has 0 unspecified atom stereocenters. The third-order valence-electron chi connectivity index (χ3n) is 2.24. The molecule has 1 N–H and O–H groups in total. The van der Waals surface area contributed by atoms with Crippen molar-refractivity contribution in [1.82, 2.24) is 5.32 Å². The zero-order chi connectivity index (χ0) is 13.4. The van der Waals surface area contributed by atoms with Gasteiger partial charge in [-0.1, -0.05) is 0 Å². The van der Waals surface area contributed by atoms with Gasteiger partial charge in [0.15, 0.2) is 0 Å². The average molecular weight is 312 g/mol. The molecule has 0 aliphatic carbocycles. The second-order valence-electron chi connectivity index (χ2n) is 4.49. The summed E-state index contributed by atoms with van der Waals surface area (Å²) in [6, 6.07) is 10.5. The van der Waals surface area contributed by atoms with Crippen molar-refractivity contribution >= 4 is 25.4 Å². The third-order valence-corrected chi connectivity index (χ3v) is 5.32. The molecule has 0 radical (unpaired) electrons. The molecule has 0 atom stereocenters. The van der Waals surface area contributed by atoms with E-state index in [9.17, 15) is 4.79 Å². The first-order valence-electron chi connectivity index (χ1n) is 5.73. The van der Waals surface area contributed by atoms with E-state index in [0.29, 0.717) is 15.0 Å². The number of hydrogen-bond acceptors (Lipinski definition) is 3. The van der Waals surface area contributed by atoms with Gasteiger partial charge in [0.1, 0.15) is 0 Å². The summed E-state index contributed by atoms with van der Waals surface area (Å²) in [5.41, 5.74) is -0.0274. The predicted molar refractivity (Wildman–Crippen MR) is 75.0 cm³/mol. The topological polar surface area (TPSA) is 38.3 Å². The molecule has 0 saturated heterocycles. The monoisotopic (exact) mass is 313 g/mol. The van der Waals surface area contributed by atoms with E-state index >= 15 is 0 Å². The molecule has 1 aromatic rings. The molecule has 98 valence electrons. The van der Waals surface area contributed by atoms with Crippen LogP contribution in [-0.4, -0.2) is 33.6 Å². The van der Waals surface area contributed by atoms with E-state index in [2.05, 4.69) is 48.2 Å². The molecule has 0 aromatic heterocycles. The van der Waals surface area contributed by atoms with Crippen molar-refractivity contribution in [2.45, 2.75) is 24.7 Å². The van der Waals surface area contributed by atoms with Crippen LogP contribution in [0.25, 0.3) is 0 Å². The quantitative estimate of drug-likeness (QED) is 0.491. The zero-order valence-corrected chi connectivity index (χ0v) is 12.7. The summed E-state index contributed by atoms with van der Waals surface area (Å²) in [5.74, 6) is -0.341. The molecule has 4 heteroatoms. The summed E-state index contributed by atoms with van der Waals surface area (Å²) >= 11 is 0.427. The fourth-order valence-electron chi connectivity index (χ4n) is 1.23. The van der Waals surface area contributed by atoms with Crippen LogP contribution in [0.1, 0.15) is 13.8 Å². The van der Waals surface area contributed by atoms with Crippen molar-refractivity contribution in [2.75, 3.05) is 7.11 Å². The van der Waals surface area contributed by atoms with Gasteiger partial charge in [-0.2, -0.15) is 0 Å². The van der Waals surface area contributed by atoms with Crippen LogP contribution in [0.4, 0.5) is 0 Å². The molecular weight excluding hydrogens is 293 g/mol. The number of benzene rings is 1. The Kier molecular flexibility index (Phi) is 5.96. The van der Waals surface area contributed by atoms with E-state index in [1.54, 1.807) is 6.20 Å². The summed E-state index contributed by atoms with van der Waals surface area (Å²) in [7, 11) is 1.37. The summed E-state index contributed by atoms with van der Waals surface area (Å²) in [4.78, 5) is 10.9. The molecular formula is C14H19NO2Se. The molecule has 1 aromatic carbocycles. The predicted octanol–water partition coefficient (Wildman–Crippen LogP) is 1.49. The number of esters is 1. The number of ether oxygens (including phenoxy) is 1. The van der Waals surface area contributed by atoms with Crippen LogP contribution in [-0.2, 0) is 9.53 Å². The minimum atomic E-state index is -0.341. The van der Waals surface area contributed by atoms with E-state index in [1.165, 1.54) is 17.6 Å². The van der Waals surface area contributed by atoms with Crippen LogP contribution in [0.5, 0.6) is 0 Å². The fraction of sp³-hybridized carbons (Fsp3) is 0.357. The van der Waals surface area contributed by atoms with Gasteiger partial charge in [0.2, 0.25) is 0 Å². The summed E-state index contributed by atoms with van der Waals surface area (Å²) < 4.78 is 5.92. The Hall–Kier alpha value is -1.25. The first-order valence-corrected chi connectivity index (χ1v) is 7.80. The average Bonchev–Trinajstić information content (AvgIpc) is 2.37. The van der Waals surface area contributed by atoms with Crippen molar-refractivity contribution in [2.24, 2.45) is 0 Å². The Balaban J connectivity index is 2.40. The van der Waals surface area contributed by atoms with Gasteiger partial charge in [0, 0.05) is 0 Å². The van der Waals surface area contributed by atoms with E-state index in [0.717, 1.165) is 5.32 Å². The number of carbonyl (C=O) groups is 1. The van der Waals surface area contributed by atoms with Gasteiger partial charge in [0.05, 0.1) is 0 Å². The molecule has 3 nitrogen and oxygen atoms in total. The third kappa shape index (κ3) is 5.89. The van der Waals surface area contributed by atoms with Crippen LogP contribution < -0.4 is 9.78 Å². The molecule has 0 aliphatic heterocycles. The van der Waals surface area contributed by atoms with Crippen LogP contribution in [0.2, 0.25) is 5.32 Å². The van der Waals surface area contributed by atoms with E-state index in [4.69, 9.17) is 0 Å². The standard InChI is InChI=1S/C14H19NO2Se/c1-14(2,15-10-9-13(16)17-3)11-18-12-7-5-4-6-8-12/h4-10,15H,11H2,1-3H3/b10-9-. The maximum absolute atomic E-state index is 10.9. The number of rotatable bonds is 6. The summed E-state index contributed by atoms with van der Waals surface area (Å²) in [6.07, 6.45) is 3.06. The molecule has 0 saturated carbocycles. The van der Waals surface area contributed by atoms with Crippen molar-refractivity contribution in [3.8, 4) is 0 Å². The Bertz CT molecular complexity index is 402. The number of methoxy groups -OCH3 is 1. The number of hydrogen-bond donors (Lipinski definition) is 1. The number of nitrogens with one attached hydrogen (secondary N) is 1. The van der Waals surface area contributed by atoms with Crippen LogP contribution >= 0.6 is 0 Å². The van der Waals surface area contributed by atoms with Crippen LogP contribution in [0, 0.1) is 0 Å². The molecule has 0 bridgehead atoms. The maximum atomic E-state index is 10.9. The van der Waals surface area contributed by atoms with Crippen LogP contribution in [0.3, 0.4) is 0 Å². The second-order valence-corrected chi connectivity index (χ2v) is 6.69. The van der Waals surface area contributed by atoms with Crippen LogP contribution in [0.15, 0.2) is 42.6 Å². The first kappa shape index (κ1) is 14.8. The molecule has 1 rings (SSSR count). The van der Waals surface area contributed by atoms with Gasteiger partial charge in [-0.25, -0.2) is 0 Å². The van der Waals surface area contributed by atoms with Gasteiger partial charge in [-0.05, 0) is 0 Å². The summed E-state index contributed by atoms with van der Waals surface area (Å²) in [6.45, 7) is 4.25. The van der Waals surface area contributed by atoms with Gasteiger partial charge in [-0.3, -0.25) is 0 Å². The van der Waals surface area contributed by atoms with Gasteiger partial charge < -0.3 is 0 Å².